The van der Waals surface area contributed by atoms with Gasteiger partial charge >= 0.3 is 0 Å². The van der Waals surface area contributed by atoms with Crippen LogP contribution in [0.2, 0.25) is 0 Å². The molecule has 0 aromatic heterocycles. The van der Waals surface area contributed by atoms with Gasteiger partial charge in [-0.25, -0.2) is 8.42 Å². The maximum absolute atomic E-state index is 11.8. The van der Waals surface area contributed by atoms with Gasteiger partial charge in [0.15, 0.2) is 21.3 Å². The Morgan fingerprint density at radius 2 is 1.09 bits per heavy atom. The Bertz CT molecular complexity index is 1270. The van der Waals surface area contributed by atoms with Crippen LogP contribution in [0.5, 0.6) is 11.5 Å². The third kappa shape index (κ3) is 5.56. The molecule has 0 N–H and O–H groups in total. The molecule has 0 spiro atoms. The molecular formula is C27H24O4S. The number of hydrogen-bond acceptors (Lipinski definition) is 4. The monoisotopic (exact) mass is 444 g/mol. The van der Waals surface area contributed by atoms with Crippen molar-refractivity contribution in [2.45, 2.75) is 18.1 Å². The number of hydrogen-bond donors (Lipinski definition) is 0. The molecule has 4 rings (SSSR count). The highest BCUT2D eigenvalue weighted by atomic mass is 32.2. The van der Waals surface area contributed by atoms with E-state index in [0.717, 1.165) is 22.3 Å². The molecule has 0 heterocycles. The van der Waals surface area contributed by atoms with Crippen LogP contribution in [-0.4, -0.2) is 14.7 Å². The summed E-state index contributed by atoms with van der Waals surface area (Å²) in [5, 5.41) is 0. The van der Waals surface area contributed by atoms with Crippen LogP contribution < -0.4 is 9.47 Å². The van der Waals surface area contributed by atoms with Crippen molar-refractivity contribution in [1.29, 1.82) is 0 Å². The lowest BCUT2D eigenvalue weighted by molar-refractivity contribution is 0.256. The highest BCUT2D eigenvalue weighted by Crippen LogP contribution is 2.34. The molecule has 0 saturated carbocycles. The Kier molecular flexibility index (Phi) is 6.57. The lowest BCUT2D eigenvalue weighted by Gasteiger charge is -2.15. The lowest BCUT2D eigenvalue weighted by atomic mass is 10.1. The Morgan fingerprint density at radius 1 is 0.594 bits per heavy atom. The first-order valence-electron chi connectivity index (χ1n) is 10.3. The quantitative estimate of drug-likeness (QED) is 0.339. The molecule has 32 heavy (non-hydrogen) atoms. The second kappa shape index (κ2) is 9.71. The first-order valence-corrected chi connectivity index (χ1v) is 12.2. The van der Waals surface area contributed by atoms with Crippen LogP contribution in [0.4, 0.5) is 0 Å². The zero-order valence-corrected chi connectivity index (χ0v) is 18.6. The molecule has 4 aromatic rings. The van der Waals surface area contributed by atoms with Gasteiger partial charge in [0.25, 0.3) is 0 Å². The molecule has 0 unspecified atom stereocenters. The summed E-state index contributed by atoms with van der Waals surface area (Å²) in [6.07, 6.45) is 1.20. The second-order valence-electron chi connectivity index (χ2n) is 7.51. The van der Waals surface area contributed by atoms with E-state index in [9.17, 15) is 8.42 Å². The molecule has 0 bridgehead atoms. The molecule has 162 valence electrons. The van der Waals surface area contributed by atoms with Gasteiger partial charge < -0.3 is 9.47 Å². The Morgan fingerprint density at radius 3 is 1.62 bits per heavy atom. The van der Waals surface area contributed by atoms with E-state index < -0.39 is 9.84 Å². The van der Waals surface area contributed by atoms with Gasteiger partial charge in [-0.3, -0.25) is 0 Å². The van der Waals surface area contributed by atoms with Gasteiger partial charge in [-0.05, 0) is 46.5 Å². The van der Waals surface area contributed by atoms with Crippen molar-refractivity contribution in [2.75, 3.05) is 6.26 Å². The maximum atomic E-state index is 11.8. The van der Waals surface area contributed by atoms with E-state index >= 15 is 0 Å². The van der Waals surface area contributed by atoms with Crippen molar-refractivity contribution < 1.29 is 17.9 Å². The molecule has 4 aromatic carbocycles. The van der Waals surface area contributed by atoms with Crippen LogP contribution >= 0.6 is 0 Å². The van der Waals surface area contributed by atoms with Gasteiger partial charge in [0, 0.05) is 6.26 Å². The largest absolute Gasteiger partial charge is 0.485 e. The summed E-state index contributed by atoms with van der Waals surface area (Å²) >= 11 is 0. The van der Waals surface area contributed by atoms with Crippen LogP contribution in [-0.2, 0) is 23.1 Å². The minimum Gasteiger partial charge on any atom is -0.485 e. The number of ether oxygens (including phenoxy) is 2. The van der Waals surface area contributed by atoms with Crippen molar-refractivity contribution in [2.24, 2.45) is 0 Å². The average Bonchev–Trinajstić information content (AvgIpc) is 2.82. The summed E-state index contributed by atoms with van der Waals surface area (Å²) in [6.45, 7) is 0.851. The fourth-order valence-electron chi connectivity index (χ4n) is 3.28. The maximum Gasteiger partial charge on any atom is 0.175 e. The van der Waals surface area contributed by atoms with Gasteiger partial charge in [0.1, 0.15) is 13.2 Å². The van der Waals surface area contributed by atoms with Gasteiger partial charge in [-0.2, -0.15) is 0 Å². The molecular weight excluding hydrogens is 420 g/mol. The second-order valence-corrected chi connectivity index (χ2v) is 9.52. The third-order valence-corrected chi connectivity index (χ3v) is 6.16. The molecule has 0 radical (unpaired) electrons. The van der Waals surface area contributed by atoms with E-state index in [1.165, 1.54) is 6.26 Å². The smallest absolute Gasteiger partial charge is 0.175 e. The van der Waals surface area contributed by atoms with Gasteiger partial charge in [-0.1, -0.05) is 78.9 Å². The fraction of sp³-hybridized carbons (Fsp3) is 0.111. The summed E-state index contributed by atoms with van der Waals surface area (Å²) < 4.78 is 35.7. The van der Waals surface area contributed by atoms with E-state index in [2.05, 4.69) is 0 Å². The number of rotatable bonds is 8. The van der Waals surface area contributed by atoms with Crippen molar-refractivity contribution in [3.8, 4) is 22.6 Å². The van der Waals surface area contributed by atoms with Crippen LogP contribution in [0.1, 0.15) is 11.1 Å². The van der Waals surface area contributed by atoms with E-state index in [1.807, 2.05) is 78.9 Å². The summed E-state index contributed by atoms with van der Waals surface area (Å²) in [4.78, 5) is 0.296. The fourth-order valence-corrected chi connectivity index (χ4v) is 3.92. The highest BCUT2D eigenvalue weighted by Gasteiger charge is 2.11. The van der Waals surface area contributed by atoms with E-state index in [-0.39, 0.29) is 0 Å². The van der Waals surface area contributed by atoms with Gasteiger partial charge in [-0.15, -0.1) is 0 Å². The van der Waals surface area contributed by atoms with Crippen LogP contribution in [0.25, 0.3) is 11.1 Å². The predicted octanol–water partition coefficient (Wildman–Crippen LogP) is 5.92. The lowest BCUT2D eigenvalue weighted by Crippen LogP contribution is -2.01. The summed E-state index contributed by atoms with van der Waals surface area (Å²) in [7, 11) is -3.23. The van der Waals surface area contributed by atoms with Crippen molar-refractivity contribution in [3.05, 3.63) is 114 Å². The first-order chi connectivity index (χ1) is 15.5. The minimum atomic E-state index is -3.23. The highest BCUT2D eigenvalue weighted by molar-refractivity contribution is 7.90. The van der Waals surface area contributed by atoms with Crippen LogP contribution in [0.3, 0.4) is 0 Å². The normalized spacial score (nSPS) is 11.2. The SMILES string of the molecule is CS(=O)(=O)c1ccc(-c2ccc(OCc3ccccc3)c(OCc3ccccc3)c2)cc1. The van der Waals surface area contributed by atoms with Crippen molar-refractivity contribution in [3.63, 3.8) is 0 Å². The Hall–Kier alpha value is -3.57. The summed E-state index contributed by atoms with van der Waals surface area (Å²) in [5.41, 5.74) is 3.95. The zero-order chi connectivity index (χ0) is 22.4. The predicted molar refractivity (Wildman–Crippen MR) is 127 cm³/mol. The first kappa shape index (κ1) is 21.7. The molecule has 0 aliphatic rings. The van der Waals surface area contributed by atoms with Gasteiger partial charge in [0.05, 0.1) is 4.90 Å². The minimum absolute atomic E-state index is 0.296. The standard InChI is InChI=1S/C27H24O4S/c1-32(28,29)25-15-12-23(13-16-25)24-14-17-26(30-19-21-8-4-2-5-9-21)27(18-24)31-20-22-10-6-3-7-11-22/h2-18H,19-20H2,1H3. The molecule has 0 aliphatic heterocycles. The van der Waals surface area contributed by atoms with E-state index in [0.29, 0.717) is 29.6 Å². The van der Waals surface area contributed by atoms with E-state index in [4.69, 9.17) is 9.47 Å². The molecule has 0 saturated heterocycles. The van der Waals surface area contributed by atoms with Crippen molar-refractivity contribution >= 4 is 9.84 Å². The molecule has 4 nitrogen and oxygen atoms in total. The topological polar surface area (TPSA) is 52.6 Å². The summed E-state index contributed by atoms with van der Waals surface area (Å²) in [6, 6.07) is 32.5. The third-order valence-electron chi connectivity index (χ3n) is 5.03. The van der Waals surface area contributed by atoms with Gasteiger partial charge in [0.2, 0.25) is 0 Å². The molecule has 0 atom stereocenters. The van der Waals surface area contributed by atoms with Crippen molar-refractivity contribution in [1.82, 2.24) is 0 Å². The zero-order valence-electron chi connectivity index (χ0n) is 17.8. The van der Waals surface area contributed by atoms with Crippen LogP contribution in [0.15, 0.2) is 108 Å². The molecule has 0 fully saturated rings. The molecule has 0 aliphatic carbocycles. The van der Waals surface area contributed by atoms with Crippen LogP contribution in [0, 0.1) is 0 Å². The number of sulfone groups is 1. The number of benzene rings is 4. The average molecular weight is 445 g/mol. The van der Waals surface area contributed by atoms with E-state index in [1.54, 1.807) is 24.3 Å². The molecule has 5 heteroatoms. The summed E-state index contributed by atoms with van der Waals surface area (Å²) in [5.74, 6) is 1.29. The Labute approximate surface area is 189 Å². The Balaban J connectivity index is 1.60. The molecule has 0 amide bonds.